The lowest BCUT2D eigenvalue weighted by Gasteiger charge is -2.34. The molecule has 2 fully saturated rings. The number of benzene rings is 2. The van der Waals surface area contributed by atoms with Crippen molar-refractivity contribution in [1.29, 1.82) is 0 Å². The van der Waals surface area contributed by atoms with Gasteiger partial charge in [-0.25, -0.2) is 4.90 Å². The molecule has 3 amide bonds. The molecule has 1 N–H and O–H groups in total. The van der Waals surface area contributed by atoms with E-state index >= 15 is 0 Å². The summed E-state index contributed by atoms with van der Waals surface area (Å²) in [6.07, 6.45) is 0. The fourth-order valence-electron chi connectivity index (χ4n) is 5.13. The highest BCUT2D eigenvalue weighted by molar-refractivity contribution is 6.67. The molecule has 2 aromatic rings. The van der Waals surface area contributed by atoms with Gasteiger partial charge in [-0.05, 0) is 30.3 Å². The average Bonchev–Trinajstić information content (AvgIpc) is 3.27. The molecule has 3 aliphatic rings. The number of nitrogens with zero attached hydrogens (tertiary/aromatic N) is 1. The first-order valence-electron chi connectivity index (χ1n) is 10.7. The summed E-state index contributed by atoms with van der Waals surface area (Å²) in [7, 11) is 2.96. The van der Waals surface area contributed by atoms with Gasteiger partial charge in [-0.2, -0.15) is 0 Å². The van der Waals surface area contributed by atoms with Crippen molar-refractivity contribution in [3.8, 4) is 11.5 Å². The lowest BCUT2D eigenvalue weighted by molar-refractivity contribution is -0.123. The lowest BCUT2D eigenvalue weighted by Crippen LogP contribution is -2.50. The molecule has 2 bridgehead atoms. The van der Waals surface area contributed by atoms with E-state index < -0.39 is 43.6 Å². The number of carbonyl (C=O) groups excluding carboxylic acids is 3. The summed E-state index contributed by atoms with van der Waals surface area (Å²) in [4.78, 5) is 37.3. The summed E-state index contributed by atoms with van der Waals surface area (Å²) in [5.41, 5.74) is 0.679. The Morgan fingerprint density at radius 1 is 0.892 bits per heavy atom. The van der Waals surface area contributed by atoms with Crippen molar-refractivity contribution in [1.82, 2.24) is 0 Å². The van der Waals surface area contributed by atoms with E-state index in [4.69, 9.17) is 79.1 Å². The zero-order valence-corrected chi connectivity index (χ0v) is 23.5. The number of alkyl halides is 4. The number of imide groups is 1. The van der Waals surface area contributed by atoms with Gasteiger partial charge >= 0.3 is 0 Å². The van der Waals surface area contributed by atoms with Crippen molar-refractivity contribution in [2.24, 2.45) is 11.8 Å². The summed E-state index contributed by atoms with van der Waals surface area (Å²) in [6, 6.07) is 10.8. The van der Waals surface area contributed by atoms with Crippen LogP contribution in [0, 0.1) is 11.8 Å². The van der Waals surface area contributed by atoms with Crippen LogP contribution in [0.5, 0.6) is 11.5 Å². The van der Waals surface area contributed by atoms with Gasteiger partial charge in [0.1, 0.15) is 21.2 Å². The molecule has 1 saturated carbocycles. The van der Waals surface area contributed by atoms with E-state index in [0.717, 1.165) is 4.90 Å². The molecule has 1 saturated heterocycles. The van der Waals surface area contributed by atoms with E-state index in [1.807, 2.05) is 0 Å². The number of fused-ring (bicyclic) bond motifs is 5. The molecule has 0 aromatic heterocycles. The number of carbonyl (C=O) groups is 3. The molecule has 5 rings (SSSR count). The zero-order chi connectivity index (χ0) is 27.1. The molecule has 1 aliphatic heterocycles. The molecule has 0 spiro atoms. The lowest BCUT2D eigenvalue weighted by atomic mass is 9.84. The number of nitrogens with one attached hydrogen (secondary N) is 1. The SMILES string of the molecule is COc1ccc(NC(=O)c2cccc(N3C(=O)[C@@H]4[C@H](C3=O)[C@@]3(Cl)C(Cl)=C(Cl)[C@@]4(Cl)C3(Cl)Cl)c2)c(OC)c1. The number of rotatable bonds is 5. The highest BCUT2D eigenvalue weighted by atomic mass is 35.5. The molecule has 7 nitrogen and oxygen atoms in total. The average molecular weight is 625 g/mol. The van der Waals surface area contributed by atoms with E-state index in [-0.39, 0.29) is 21.3 Å². The number of hydrogen-bond donors (Lipinski definition) is 1. The topological polar surface area (TPSA) is 84.9 Å². The molecular weight excluding hydrogens is 609 g/mol. The normalized spacial score (nSPS) is 29.6. The quantitative estimate of drug-likeness (QED) is 0.330. The van der Waals surface area contributed by atoms with Crippen molar-refractivity contribution >= 4 is 98.7 Å². The van der Waals surface area contributed by atoms with E-state index in [0.29, 0.717) is 17.2 Å². The van der Waals surface area contributed by atoms with Gasteiger partial charge in [0.05, 0.1) is 47.5 Å². The second-order valence-electron chi connectivity index (χ2n) is 8.66. The van der Waals surface area contributed by atoms with Crippen molar-refractivity contribution in [2.75, 3.05) is 24.4 Å². The van der Waals surface area contributed by atoms with E-state index in [2.05, 4.69) is 5.32 Å². The highest BCUT2D eigenvalue weighted by Gasteiger charge is 2.87. The van der Waals surface area contributed by atoms with Crippen LogP contribution in [0.4, 0.5) is 11.4 Å². The molecule has 1 heterocycles. The van der Waals surface area contributed by atoms with E-state index in [1.165, 1.54) is 38.5 Å². The Labute approximate surface area is 241 Å². The third-order valence-electron chi connectivity index (χ3n) is 6.93. The molecule has 2 aromatic carbocycles. The number of hydrogen-bond acceptors (Lipinski definition) is 5. The monoisotopic (exact) mass is 622 g/mol. The fourth-order valence-corrected chi connectivity index (χ4v) is 8.06. The number of allylic oxidation sites excluding steroid dienone is 2. The summed E-state index contributed by atoms with van der Waals surface area (Å²) >= 11 is 39.2. The van der Waals surface area contributed by atoms with Crippen LogP contribution in [0.25, 0.3) is 0 Å². The van der Waals surface area contributed by atoms with Crippen LogP contribution in [0.1, 0.15) is 10.4 Å². The Kier molecular flexibility index (Phi) is 6.38. The third-order valence-corrected chi connectivity index (χ3v) is 11.2. The van der Waals surface area contributed by atoms with Crippen LogP contribution in [0.15, 0.2) is 52.5 Å². The van der Waals surface area contributed by atoms with Crippen molar-refractivity contribution in [3.05, 3.63) is 58.1 Å². The number of methoxy groups -OCH3 is 2. The van der Waals surface area contributed by atoms with Gasteiger partial charge in [0.25, 0.3) is 5.91 Å². The first kappa shape index (κ1) is 26.7. The summed E-state index contributed by atoms with van der Waals surface area (Å²) in [5.74, 6) is -3.56. The predicted octanol–water partition coefficient (Wildman–Crippen LogP) is 5.91. The van der Waals surface area contributed by atoms with Crippen molar-refractivity contribution in [2.45, 2.75) is 14.1 Å². The minimum Gasteiger partial charge on any atom is -0.497 e. The molecule has 4 atom stereocenters. The minimum absolute atomic E-state index is 0.126. The second-order valence-corrected chi connectivity index (χ2v) is 11.9. The number of halogens is 6. The predicted molar refractivity (Wildman–Crippen MR) is 144 cm³/mol. The largest absolute Gasteiger partial charge is 0.497 e. The smallest absolute Gasteiger partial charge is 0.255 e. The van der Waals surface area contributed by atoms with Crippen molar-refractivity contribution in [3.63, 3.8) is 0 Å². The van der Waals surface area contributed by atoms with Crippen LogP contribution < -0.4 is 19.7 Å². The standard InChI is InChI=1S/C24H16Cl6N2O5/c1-36-12-6-7-13(14(9-12)37-2)31-19(33)10-4-3-5-11(8-10)32-20(34)15-16(21(32)35)23(28)18(26)17(25)22(15,27)24(23,29)30/h3-9,15-16H,1-2H3,(H,31,33)/t15-,16+,22-,23-/m1/s1. The van der Waals surface area contributed by atoms with E-state index in [9.17, 15) is 14.4 Å². The molecule has 13 heteroatoms. The van der Waals surface area contributed by atoms with Crippen LogP contribution in [0.2, 0.25) is 0 Å². The maximum Gasteiger partial charge on any atom is 0.255 e. The van der Waals surface area contributed by atoms with Gasteiger partial charge in [-0.15, -0.1) is 23.2 Å². The van der Waals surface area contributed by atoms with Crippen LogP contribution >= 0.6 is 69.6 Å². The molecule has 0 radical (unpaired) electrons. The van der Waals surface area contributed by atoms with Crippen LogP contribution in [-0.2, 0) is 9.59 Å². The first-order valence-corrected chi connectivity index (χ1v) is 13.0. The maximum atomic E-state index is 13.6. The number of ether oxygens (including phenoxy) is 2. The van der Waals surface area contributed by atoms with Gasteiger partial charge in [-0.3, -0.25) is 14.4 Å². The van der Waals surface area contributed by atoms with Gasteiger partial charge < -0.3 is 14.8 Å². The second kappa shape index (κ2) is 8.83. The Morgan fingerprint density at radius 3 is 2.03 bits per heavy atom. The Balaban J connectivity index is 1.47. The van der Waals surface area contributed by atoms with Gasteiger partial charge in [-0.1, -0.05) is 52.5 Å². The maximum absolute atomic E-state index is 13.6. The van der Waals surface area contributed by atoms with Gasteiger partial charge in [0.2, 0.25) is 11.8 Å². The molecule has 0 unspecified atom stereocenters. The minimum atomic E-state index is -2.02. The van der Waals surface area contributed by atoms with Gasteiger partial charge in [0.15, 0.2) is 4.33 Å². The molecule has 37 heavy (non-hydrogen) atoms. The highest BCUT2D eigenvalue weighted by Crippen LogP contribution is 2.77. The fraction of sp³-hybridized carbons (Fsp3) is 0.292. The van der Waals surface area contributed by atoms with E-state index in [1.54, 1.807) is 18.2 Å². The van der Waals surface area contributed by atoms with Gasteiger partial charge in [0, 0.05) is 11.6 Å². The summed E-state index contributed by atoms with van der Waals surface area (Å²) in [5, 5.41) is 2.38. The van der Waals surface area contributed by atoms with Crippen LogP contribution in [-0.4, -0.2) is 46.0 Å². The Morgan fingerprint density at radius 2 is 1.49 bits per heavy atom. The molecule has 194 valence electrons. The third kappa shape index (κ3) is 3.31. The Bertz CT molecular complexity index is 1370. The van der Waals surface area contributed by atoms with Crippen molar-refractivity contribution < 1.29 is 23.9 Å². The zero-order valence-electron chi connectivity index (χ0n) is 19.0. The summed E-state index contributed by atoms with van der Waals surface area (Å²) < 4.78 is 8.46. The Hall–Kier alpha value is -1.87. The molecule has 2 aliphatic carbocycles. The number of amides is 3. The number of anilines is 2. The molecular formula is C24H16Cl6N2O5. The van der Waals surface area contributed by atoms with Crippen LogP contribution in [0.3, 0.4) is 0 Å². The first-order chi connectivity index (χ1) is 17.4. The summed E-state index contributed by atoms with van der Waals surface area (Å²) in [6.45, 7) is 0.